The van der Waals surface area contributed by atoms with Gasteiger partial charge in [0.25, 0.3) is 0 Å². The lowest BCUT2D eigenvalue weighted by Gasteiger charge is -2.10. The van der Waals surface area contributed by atoms with Gasteiger partial charge in [-0.1, -0.05) is 78.0 Å². The Morgan fingerprint density at radius 3 is 2.55 bits per heavy atom. The lowest BCUT2D eigenvalue weighted by molar-refractivity contribution is -0.118. The second-order valence-electron chi connectivity index (χ2n) is 6.65. The molecule has 0 saturated heterocycles. The Bertz CT molecular complexity index is 1130. The number of halogens is 1. The van der Waals surface area contributed by atoms with E-state index in [0.29, 0.717) is 23.9 Å². The summed E-state index contributed by atoms with van der Waals surface area (Å²) in [4.78, 5) is 17.1. The smallest absolute Gasteiger partial charge is 0.230 e. The zero-order valence-electron chi connectivity index (χ0n) is 15.7. The number of thioether (sulfide) groups is 1. The second-order valence-corrected chi connectivity index (χ2v) is 8.03. The number of carbonyl (C=O) groups is 1. The second kappa shape index (κ2) is 9.16. The van der Waals surface area contributed by atoms with Crippen molar-refractivity contribution >= 4 is 40.3 Å². The molecule has 0 fully saturated rings. The fourth-order valence-corrected chi connectivity index (χ4v) is 4.17. The summed E-state index contributed by atoms with van der Waals surface area (Å²) >= 11 is 7.59. The highest BCUT2D eigenvalue weighted by Crippen LogP contribution is 2.25. The van der Waals surface area contributed by atoms with E-state index in [1.807, 2.05) is 78.9 Å². The highest BCUT2D eigenvalue weighted by Gasteiger charge is 2.13. The van der Waals surface area contributed by atoms with Crippen LogP contribution in [0, 0.1) is 0 Å². The number of hydrogen-bond acceptors (Lipinski definition) is 3. The average molecular weight is 422 g/mol. The minimum atomic E-state index is -0.0137. The molecule has 0 unspecified atom stereocenters. The van der Waals surface area contributed by atoms with Gasteiger partial charge in [-0.3, -0.25) is 4.79 Å². The highest BCUT2D eigenvalue weighted by molar-refractivity contribution is 7.99. The molecule has 146 valence electrons. The van der Waals surface area contributed by atoms with Crippen molar-refractivity contribution in [1.82, 2.24) is 14.9 Å². The Morgan fingerprint density at radius 1 is 0.966 bits per heavy atom. The first-order chi connectivity index (χ1) is 14.2. The van der Waals surface area contributed by atoms with Gasteiger partial charge in [0, 0.05) is 11.6 Å². The van der Waals surface area contributed by atoms with Crippen molar-refractivity contribution in [3.63, 3.8) is 0 Å². The van der Waals surface area contributed by atoms with E-state index in [0.717, 1.165) is 27.3 Å². The van der Waals surface area contributed by atoms with Gasteiger partial charge in [-0.25, -0.2) is 4.98 Å². The van der Waals surface area contributed by atoms with Crippen LogP contribution >= 0.6 is 23.4 Å². The summed E-state index contributed by atoms with van der Waals surface area (Å²) in [6.07, 6.45) is 0. The van der Waals surface area contributed by atoms with E-state index in [9.17, 15) is 4.79 Å². The summed E-state index contributed by atoms with van der Waals surface area (Å²) in [5.41, 5.74) is 4.14. The number of rotatable bonds is 7. The van der Waals surface area contributed by atoms with Crippen LogP contribution in [0.25, 0.3) is 11.0 Å². The third kappa shape index (κ3) is 5.00. The van der Waals surface area contributed by atoms with Crippen LogP contribution in [0.1, 0.15) is 11.1 Å². The first-order valence-corrected chi connectivity index (χ1v) is 10.7. The highest BCUT2D eigenvalue weighted by atomic mass is 35.5. The van der Waals surface area contributed by atoms with Crippen molar-refractivity contribution in [2.75, 3.05) is 5.75 Å². The quantitative estimate of drug-likeness (QED) is 0.420. The average Bonchev–Trinajstić information content (AvgIpc) is 3.09. The van der Waals surface area contributed by atoms with E-state index in [4.69, 9.17) is 16.6 Å². The van der Waals surface area contributed by atoms with Crippen LogP contribution in [0.4, 0.5) is 0 Å². The largest absolute Gasteiger partial charge is 0.351 e. The Hall–Kier alpha value is -2.76. The molecule has 0 aliphatic rings. The number of imidazole rings is 1. The predicted octanol–water partition coefficient (Wildman–Crippen LogP) is 5.15. The van der Waals surface area contributed by atoms with E-state index in [1.54, 1.807) is 0 Å². The minimum absolute atomic E-state index is 0.0137. The molecule has 1 N–H and O–H groups in total. The summed E-state index contributed by atoms with van der Waals surface area (Å²) in [6, 6.07) is 25.7. The fourth-order valence-electron chi connectivity index (χ4n) is 3.11. The standard InChI is InChI=1S/C23H20ClN3OS/c24-19-10-6-9-18(13-19)15-27-21-12-5-4-11-20(21)26-23(27)29-16-22(28)25-14-17-7-2-1-3-8-17/h1-13H,14-16H2,(H,25,28). The van der Waals surface area contributed by atoms with Crippen LogP contribution < -0.4 is 5.32 Å². The Labute approximate surface area is 178 Å². The molecular weight excluding hydrogens is 402 g/mol. The van der Waals surface area contributed by atoms with Crippen molar-refractivity contribution in [2.24, 2.45) is 0 Å². The number of aromatic nitrogens is 2. The maximum absolute atomic E-state index is 12.3. The maximum Gasteiger partial charge on any atom is 0.230 e. The molecule has 4 rings (SSSR count). The molecular formula is C23H20ClN3OS. The Balaban J connectivity index is 1.48. The number of amides is 1. The number of hydrogen-bond donors (Lipinski definition) is 1. The maximum atomic E-state index is 12.3. The molecule has 1 heterocycles. The summed E-state index contributed by atoms with van der Waals surface area (Å²) in [6.45, 7) is 1.17. The van der Waals surface area contributed by atoms with Crippen LogP contribution in [-0.2, 0) is 17.9 Å². The zero-order valence-corrected chi connectivity index (χ0v) is 17.3. The van der Waals surface area contributed by atoms with E-state index in [1.165, 1.54) is 11.8 Å². The van der Waals surface area contributed by atoms with Crippen molar-refractivity contribution < 1.29 is 4.79 Å². The molecule has 6 heteroatoms. The molecule has 1 amide bonds. The van der Waals surface area contributed by atoms with Gasteiger partial charge < -0.3 is 9.88 Å². The molecule has 29 heavy (non-hydrogen) atoms. The topological polar surface area (TPSA) is 46.9 Å². The Kier molecular flexibility index (Phi) is 6.17. The minimum Gasteiger partial charge on any atom is -0.351 e. The van der Waals surface area contributed by atoms with Crippen LogP contribution in [-0.4, -0.2) is 21.2 Å². The molecule has 0 aliphatic heterocycles. The van der Waals surface area contributed by atoms with Gasteiger partial charge >= 0.3 is 0 Å². The molecule has 4 nitrogen and oxygen atoms in total. The van der Waals surface area contributed by atoms with Crippen molar-refractivity contribution in [3.05, 3.63) is 95.0 Å². The number of nitrogens with one attached hydrogen (secondary N) is 1. The number of para-hydroxylation sites is 2. The third-order valence-electron chi connectivity index (χ3n) is 4.51. The van der Waals surface area contributed by atoms with Gasteiger partial charge in [0.2, 0.25) is 5.91 Å². The van der Waals surface area contributed by atoms with Crippen molar-refractivity contribution in [2.45, 2.75) is 18.2 Å². The summed E-state index contributed by atoms with van der Waals surface area (Å²) in [5.74, 6) is 0.298. The van der Waals surface area contributed by atoms with Gasteiger partial charge in [0.15, 0.2) is 5.16 Å². The normalized spacial score (nSPS) is 10.9. The monoisotopic (exact) mass is 421 g/mol. The molecule has 0 atom stereocenters. The number of nitrogens with zero attached hydrogens (tertiary/aromatic N) is 2. The van der Waals surface area contributed by atoms with E-state index < -0.39 is 0 Å². The molecule has 0 radical (unpaired) electrons. The third-order valence-corrected chi connectivity index (χ3v) is 5.73. The molecule has 1 aromatic heterocycles. The lowest BCUT2D eigenvalue weighted by atomic mass is 10.2. The molecule has 0 aliphatic carbocycles. The molecule has 3 aromatic carbocycles. The van der Waals surface area contributed by atoms with Gasteiger partial charge in [-0.2, -0.15) is 0 Å². The first-order valence-electron chi connectivity index (χ1n) is 9.32. The first kappa shape index (κ1) is 19.6. The molecule has 4 aromatic rings. The number of benzene rings is 3. The lowest BCUT2D eigenvalue weighted by Crippen LogP contribution is -2.24. The van der Waals surface area contributed by atoms with Crippen LogP contribution in [0.15, 0.2) is 84.0 Å². The van der Waals surface area contributed by atoms with E-state index in [-0.39, 0.29) is 5.91 Å². The number of fused-ring (bicyclic) bond motifs is 1. The molecule has 0 saturated carbocycles. The van der Waals surface area contributed by atoms with Gasteiger partial charge in [0.05, 0.1) is 23.3 Å². The van der Waals surface area contributed by atoms with Crippen LogP contribution in [0.5, 0.6) is 0 Å². The van der Waals surface area contributed by atoms with Gasteiger partial charge in [0.1, 0.15) is 0 Å². The Morgan fingerprint density at radius 2 is 1.72 bits per heavy atom. The van der Waals surface area contributed by atoms with Crippen LogP contribution in [0.3, 0.4) is 0 Å². The summed E-state index contributed by atoms with van der Waals surface area (Å²) in [7, 11) is 0. The SMILES string of the molecule is O=C(CSc1nc2ccccc2n1Cc1cccc(Cl)c1)NCc1ccccc1. The van der Waals surface area contributed by atoms with E-state index >= 15 is 0 Å². The van der Waals surface area contributed by atoms with Gasteiger partial charge in [-0.05, 0) is 35.4 Å². The zero-order chi connectivity index (χ0) is 20.1. The van der Waals surface area contributed by atoms with Crippen LogP contribution in [0.2, 0.25) is 5.02 Å². The molecule has 0 bridgehead atoms. The number of carbonyl (C=O) groups excluding carboxylic acids is 1. The van der Waals surface area contributed by atoms with Crippen molar-refractivity contribution in [1.29, 1.82) is 0 Å². The van der Waals surface area contributed by atoms with E-state index in [2.05, 4.69) is 9.88 Å². The van der Waals surface area contributed by atoms with Gasteiger partial charge in [-0.15, -0.1) is 0 Å². The summed E-state index contributed by atoms with van der Waals surface area (Å²) < 4.78 is 2.14. The fraction of sp³-hybridized carbons (Fsp3) is 0.130. The summed E-state index contributed by atoms with van der Waals surface area (Å²) in [5, 5.41) is 4.50. The van der Waals surface area contributed by atoms with Crippen molar-refractivity contribution in [3.8, 4) is 0 Å². The molecule has 0 spiro atoms. The predicted molar refractivity (Wildman–Crippen MR) is 119 cm³/mol.